The lowest BCUT2D eigenvalue weighted by Crippen LogP contribution is -2.19. The molecule has 0 spiro atoms. The van der Waals surface area contributed by atoms with Crippen molar-refractivity contribution in [1.82, 2.24) is 0 Å². The fourth-order valence-corrected chi connectivity index (χ4v) is 4.05. The van der Waals surface area contributed by atoms with E-state index >= 15 is 0 Å². The van der Waals surface area contributed by atoms with Crippen molar-refractivity contribution >= 4 is 21.8 Å². The Morgan fingerprint density at radius 3 is 1.78 bits per heavy atom. The van der Waals surface area contributed by atoms with E-state index in [0.717, 1.165) is 12.1 Å². The van der Waals surface area contributed by atoms with Gasteiger partial charge in [-0.15, -0.1) is 0 Å². The standard InChI is InChI=1S/C16H14O6S/c1-10(11-6-3-2-4-7-11)23(21,22)14-12(15(17)18)8-5-9-13(14)16(19)20/h2-10H,1H3,(H,17,18)(H,19,20). The lowest BCUT2D eigenvalue weighted by atomic mass is 10.1. The van der Waals surface area contributed by atoms with Gasteiger partial charge in [-0.2, -0.15) is 0 Å². The van der Waals surface area contributed by atoms with Crippen LogP contribution in [0.2, 0.25) is 0 Å². The van der Waals surface area contributed by atoms with Crippen LogP contribution in [0.5, 0.6) is 0 Å². The van der Waals surface area contributed by atoms with Crippen molar-refractivity contribution in [1.29, 1.82) is 0 Å². The van der Waals surface area contributed by atoms with E-state index in [4.69, 9.17) is 0 Å². The normalized spacial score (nSPS) is 12.6. The first kappa shape index (κ1) is 16.7. The molecule has 0 amide bonds. The van der Waals surface area contributed by atoms with E-state index in [1.165, 1.54) is 13.0 Å². The van der Waals surface area contributed by atoms with Gasteiger partial charge >= 0.3 is 11.9 Å². The second kappa shape index (κ2) is 6.21. The van der Waals surface area contributed by atoms with Crippen LogP contribution >= 0.6 is 0 Å². The first-order chi connectivity index (χ1) is 10.8. The number of carbonyl (C=O) groups is 2. The Morgan fingerprint density at radius 2 is 1.35 bits per heavy atom. The summed E-state index contributed by atoms with van der Waals surface area (Å²) in [5, 5.41) is 17.4. The molecule has 2 rings (SSSR count). The molecule has 0 aliphatic rings. The zero-order chi connectivity index (χ0) is 17.2. The van der Waals surface area contributed by atoms with Gasteiger partial charge in [-0.25, -0.2) is 18.0 Å². The second-order valence-corrected chi connectivity index (χ2v) is 7.10. The lowest BCUT2D eigenvalue weighted by Gasteiger charge is -2.17. The SMILES string of the molecule is CC(c1ccccc1)S(=O)(=O)c1c(C(=O)O)cccc1C(=O)O. The third-order valence-electron chi connectivity index (χ3n) is 3.49. The largest absolute Gasteiger partial charge is 0.478 e. The number of hydrogen-bond acceptors (Lipinski definition) is 4. The summed E-state index contributed by atoms with van der Waals surface area (Å²) >= 11 is 0. The average molecular weight is 334 g/mol. The average Bonchev–Trinajstić information content (AvgIpc) is 2.54. The molecule has 0 bridgehead atoms. The molecule has 0 aromatic heterocycles. The summed E-state index contributed by atoms with van der Waals surface area (Å²) in [4.78, 5) is 22.0. The predicted octanol–water partition coefficient (Wildman–Crippen LogP) is 2.62. The summed E-state index contributed by atoms with van der Waals surface area (Å²) in [7, 11) is -4.21. The van der Waals surface area contributed by atoms with Crippen LogP contribution in [0, 0.1) is 0 Å². The Labute approximate surface area is 132 Å². The van der Waals surface area contributed by atoms with Crippen molar-refractivity contribution in [3.63, 3.8) is 0 Å². The van der Waals surface area contributed by atoms with Crippen molar-refractivity contribution in [2.45, 2.75) is 17.1 Å². The molecular weight excluding hydrogens is 320 g/mol. The van der Waals surface area contributed by atoms with Crippen molar-refractivity contribution in [3.8, 4) is 0 Å². The van der Waals surface area contributed by atoms with Gasteiger partial charge in [0.15, 0.2) is 9.84 Å². The minimum atomic E-state index is -4.21. The molecule has 1 atom stereocenters. The van der Waals surface area contributed by atoms with Crippen LogP contribution in [-0.2, 0) is 9.84 Å². The van der Waals surface area contributed by atoms with Gasteiger partial charge in [-0.1, -0.05) is 36.4 Å². The van der Waals surface area contributed by atoms with Gasteiger partial charge in [0.25, 0.3) is 0 Å². The van der Waals surface area contributed by atoms with Crippen molar-refractivity contribution in [2.75, 3.05) is 0 Å². The number of carboxylic acid groups (broad SMARTS) is 2. The molecule has 0 heterocycles. The summed E-state index contributed by atoms with van der Waals surface area (Å²) in [6.07, 6.45) is 0. The topological polar surface area (TPSA) is 109 Å². The van der Waals surface area contributed by atoms with Gasteiger partial charge in [0.2, 0.25) is 0 Å². The molecule has 2 aromatic rings. The van der Waals surface area contributed by atoms with E-state index in [0.29, 0.717) is 5.56 Å². The van der Waals surface area contributed by atoms with Crippen molar-refractivity contribution < 1.29 is 28.2 Å². The smallest absolute Gasteiger partial charge is 0.337 e. The van der Waals surface area contributed by atoms with E-state index in [2.05, 4.69) is 0 Å². The van der Waals surface area contributed by atoms with Crippen LogP contribution in [0.25, 0.3) is 0 Å². The molecule has 23 heavy (non-hydrogen) atoms. The first-order valence-electron chi connectivity index (χ1n) is 6.65. The van der Waals surface area contributed by atoms with Gasteiger partial charge in [0, 0.05) is 0 Å². The van der Waals surface area contributed by atoms with Crippen molar-refractivity contribution in [2.24, 2.45) is 0 Å². The predicted molar refractivity (Wildman–Crippen MR) is 82.4 cm³/mol. The van der Waals surface area contributed by atoms with Gasteiger partial charge in [-0.3, -0.25) is 0 Å². The Hall–Kier alpha value is -2.67. The lowest BCUT2D eigenvalue weighted by molar-refractivity contribution is 0.0689. The highest BCUT2D eigenvalue weighted by Crippen LogP contribution is 2.32. The number of aromatic carboxylic acids is 2. The van der Waals surface area contributed by atoms with Gasteiger partial charge < -0.3 is 10.2 Å². The van der Waals surface area contributed by atoms with E-state index in [-0.39, 0.29) is 0 Å². The Balaban J connectivity index is 2.73. The highest BCUT2D eigenvalue weighted by molar-refractivity contribution is 7.91. The maximum atomic E-state index is 12.9. The van der Waals surface area contributed by atoms with Crippen LogP contribution < -0.4 is 0 Å². The molecule has 7 heteroatoms. The number of carboxylic acids is 2. The van der Waals surface area contributed by atoms with Crippen LogP contribution in [0.15, 0.2) is 53.4 Å². The molecule has 1 unspecified atom stereocenters. The maximum Gasteiger partial charge on any atom is 0.337 e. The number of benzene rings is 2. The molecule has 0 radical (unpaired) electrons. The zero-order valence-electron chi connectivity index (χ0n) is 12.1. The molecule has 0 saturated carbocycles. The molecule has 0 aliphatic heterocycles. The zero-order valence-corrected chi connectivity index (χ0v) is 12.9. The maximum absolute atomic E-state index is 12.9. The molecule has 2 aromatic carbocycles. The van der Waals surface area contributed by atoms with Crippen LogP contribution in [-0.4, -0.2) is 30.6 Å². The Kier molecular flexibility index (Phi) is 4.51. The highest BCUT2D eigenvalue weighted by Gasteiger charge is 2.33. The fraction of sp³-hybridized carbons (Fsp3) is 0.125. The first-order valence-corrected chi connectivity index (χ1v) is 8.20. The van der Waals surface area contributed by atoms with Gasteiger partial charge in [-0.05, 0) is 24.6 Å². The minimum absolute atomic E-state index is 0.448. The van der Waals surface area contributed by atoms with E-state index in [1.54, 1.807) is 30.3 Å². The molecule has 6 nitrogen and oxygen atoms in total. The summed E-state index contributed by atoms with van der Waals surface area (Å²) < 4.78 is 25.7. The summed E-state index contributed by atoms with van der Waals surface area (Å²) in [6.45, 7) is 1.40. The molecular formula is C16H14O6S. The monoisotopic (exact) mass is 334 g/mol. The molecule has 0 aliphatic carbocycles. The number of rotatable bonds is 5. The Bertz CT molecular complexity index is 823. The number of sulfone groups is 1. The fourth-order valence-electron chi connectivity index (χ4n) is 2.26. The Morgan fingerprint density at radius 1 is 0.870 bits per heavy atom. The molecule has 0 saturated heterocycles. The third kappa shape index (κ3) is 3.09. The van der Waals surface area contributed by atoms with Gasteiger partial charge in [0.1, 0.15) is 0 Å². The van der Waals surface area contributed by atoms with E-state index in [1.807, 2.05) is 0 Å². The van der Waals surface area contributed by atoms with Gasteiger partial charge in [0.05, 0.1) is 21.3 Å². The molecule has 120 valence electrons. The molecule has 2 N–H and O–H groups in total. The second-order valence-electron chi connectivity index (χ2n) is 4.89. The molecule has 0 fully saturated rings. The van der Waals surface area contributed by atoms with E-state index in [9.17, 15) is 28.2 Å². The number of hydrogen-bond donors (Lipinski definition) is 2. The third-order valence-corrected chi connectivity index (χ3v) is 5.71. The summed E-state index contributed by atoms with van der Waals surface area (Å²) in [5.41, 5.74) is -0.649. The summed E-state index contributed by atoms with van der Waals surface area (Å²) in [6, 6.07) is 11.6. The van der Waals surface area contributed by atoms with Crippen LogP contribution in [0.1, 0.15) is 38.5 Å². The summed E-state index contributed by atoms with van der Waals surface area (Å²) in [5.74, 6) is -2.99. The minimum Gasteiger partial charge on any atom is -0.478 e. The quantitative estimate of drug-likeness (QED) is 0.870. The van der Waals surface area contributed by atoms with Crippen LogP contribution in [0.4, 0.5) is 0 Å². The van der Waals surface area contributed by atoms with Crippen molar-refractivity contribution in [3.05, 3.63) is 65.2 Å². The van der Waals surface area contributed by atoms with E-state index < -0.39 is 43.0 Å². The van der Waals surface area contributed by atoms with Crippen LogP contribution in [0.3, 0.4) is 0 Å². The highest BCUT2D eigenvalue weighted by atomic mass is 32.2.